The highest BCUT2D eigenvalue weighted by Gasteiger charge is 2.23. The number of piperazine rings is 1. The molecule has 0 unspecified atom stereocenters. The first-order valence-electron chi connectivity index (χ1n) is 11.2. The van der Waals surface area contributed by atoms with E-state index in [1.54, 1.807) is 29.3 Å². The van der Waals surface area contributed by atoms with Crippen molar-refractivity contribution in [1.29, 1.82) is 0 Å². The maximum Gasteiger partial charge on any atom is 0.240 e. The molecule has 1 N–H and O–H groups in total. The summed E-state index contributed by atoms with van der Waals surface area (Å²) in [4.78, 5) is 23.0. The van der Waals surface area contributed by atoms with Crippen molar-refractivity contribution in [3.05, 3.63) is 47.7 Å². The molecule has 1 amide bonds. The molecule has 2 aliphatic heterocycles. The molecular weight excluding hydrogens is 426 g/mol. The lowest BCUT2D eigenvalue weighted by Crippen LogP contribution is -2.46. The highest BCUT2D eigenvalue weighted by Crippen LogP contribution is 2.29. The largest absolute Gasteiger partial charge is 0.354 e. The second-order valence-corrected chi connectivity index (χ2v) is 10.1. The molecule has 2 aliphatic rings. The predicted octanol–water partition coefficient (Wildman–Crippen LogP) is 2.00. The predicted molar refractivity (Wildman–Crippen MR) is 125 cm³/mol. The number of anilines is 2. The number of sulfonamides is 1. The quantitative estimate of drug-likeness (QED) is 0.714. The van der Waals surface area contributed by atoms with Gasteiger partial charge in [0, 0.05) is 58.1 Å². The molecule has 0 atom stereocenters. The van der Waals surface area contributed by atoms with Crippen LogP contribution in [0, 0.1) is 0 Å². The Morgan fingerprint density at radius 3 is 2.53 bits per heavy atom. The molecule has 0 radical (unpaired) electrons. The normalized spacial score (nSPS) is 17.3. The van der Waals surface area contributed by atoms with Gasteiger partial charge in [-0.05, 0) is 54.8 Å². The van der Waals surface area contributed by atoms with Crippen molar-refractivity contribution in [2.45, 2.75) is 38.1 Å². The van der Waals surface area contributed by atoms with E-state index >= 15 is 0 Å². The molecule has 1 saturated heterocycles. The van der Waals surface area contributed by atoms with E-state index in [1.807, 2.05) is 12.1 Å². The van der Waals surface area contributed by atoms with E-state index in [9.17, 15) is 13.2 Å². The number of aromatic nitrogens is 1. The van der Waals surface area contributed by atoms with Gasteiger partial charge in [-0.25, -0.2) is 18.1 Å². The Bertz CT molecular complexity index is 1060. The lowest BCUT2D eigenvalue weighted by atomic mass is 10.0. The Hall–Kier alpha value is -2.49. The van der Waals surface area contributed by atoms with E-state index in [-0.39, 0.29) is 17.3 Å². The molecule has 0 spiro atoms. The smallest absolute Gasteiger partial charge is 0.240 e. The number of nitrogens with zero attached hydrogens (tertiary/aromatic N) is 4. The van der Waals surface area contributed by atoms with Gasteiger partial charge in [0.05, 0.1) is 4.90 Å². The number of fused-ring (bicyclic) bond motifs is 1. The SMILES string of the molecule is CCN1CCN(c2ccc(CNS(=O)(=O)c3ccc4c(c3)CCCN4C(C)=O)cn2)CC1. The highest BCUT2D eigenvalue weighted by molar-refractivity contribution is 7.89. The summed E-state index contributed by atoms with van der Waals surface area (Å²) in [6.45, 7) is 9.59. The van der Waals surface area contributed by atoms with E-state index in [0.29, 0.717) is 6.54 Å². The maximum atomic E-state index is 12.9. The number of pyridine rings is 1. The van der Waals surface area contributed by atoms with Crippen LogP contribution < -0.4 is 14.5 Å². The van der Waals surface area contributed by atoms with Gasteiger partial charge < -0.3 is 14.7 Å². The summed E-state index contributed by atoms with van der Waals surface area (Å²) < 4.78 is 28.4. The highest BCUT2D eigenvalue weighted by atomic mass is 32.2. The van der Waals surface area contributed by atoms with Gasteiger partial charge in [0.25, 0.3) is 0 Å². The number of carbonyl (C=O) groups excluding carboxylic acids is 1. The van der Waals surface area contributed by atoms with Crippen molar-refractivity contribution in [2.24, 2.45) is 0 Å². The van der Waals surface area contributed by atoms with Crippen LogP contribution in [0.2, 0.25) is 0 Å². The molecule has 172 valence electrons. The Labute approximate surface area is 190 Å². The van der Waals surface area contributed by atoms with E-state index in [0.717, 1.165) is 68.2 Å². The molecule has 8 nitrogen and oxygen atoms in total. The van der Waals surface area contributed by atoms with Crippen LogP contribution >= 0.6 is 0 Å². The van der Waals surface area contributed by atoms with E-state index < -0.39 is 10.0 Å². The van der Waals surface area contributed by atoms with Crippen molar-refractivity contribution in [3.8, 4) is 0 Å². The Kier molecular flexibility index (Phi) is 6.78. The number of benzene rings is 1. The Morgan fingerprint density at radius 1 is 1.09 bits per heavy atom. The van der Waals surface area contributed by atoms with E-state index in [4.69, 9.17) is 0 Å². The van der Waals surface area contributed by atoms with Crippen LogP contribution in [0.3, 0.4) is 0 Å². The topological polar surface area (TPSA) is 85.9 Å². The summed E-state index contributed by atoms with van der Waals surface area (Å²) in [6.07, 6.45) is 3.33. The van der Waals surface area contributed by atoms with Crippen LogP contribution in [0.5, 0.6) is 0 Å². The third-order valence-electron chi connectivity index (χ3n) is 6.28. The molecule has 0 aliphatic carbocycles. The van der Waals surface area contributed by atoms with Gasteiger partial charge in [-0.15, -0.1) is 0 Å². The summed E-state index contributed by atoms with van der Waals surface area (Å²) in [5.74, 6) is 0.903. The Morgan fingerprint density at radius 2 is 1.88 bits per heavy atom. The average Bonchev–Trinajstić information content (AvgIpc) is 2.82. The molecule has 1 aromatic carbocycles. The van der Waals surface area contributed by atoms with Gasteiger partial charge in [0.1, 0.15) is 5.82 Å². The van der Waals surface area contributed by atoms with E-state index in [1.165, 1.54) is 6.92 Å². The van der Waals surface area contributed by atoms with Crippen molar-refractivity contribution in [1.82, 2.24) is 14.6 Å². The molecular formula is C23H31N5O3S. The first kappa shape index (κ1) is 22.7. The van der Waals surface area contributed by atoms with Crippen molar-refractivity contribution >= 4 is 27.4 Å². The minimum absolute atomic E-state index is 0.0251. The zero-order valence-corrected chi connectivity index (χ0v) is 19.6. The minimum Gasteiger partial charge on any atom is -0.354 e. The van der Waals surface area contributed by atoms with Crippen molar-refractivity contribution in [3.63, 3.8) is 0 Å². The lowest BCUT2D eigenvalue weighted by Gasteiger charge is -2.34. The second-order valence-electron chi connectivity index (χ2n) is 8.34. The molecule has 1 fully saturated rings. The van der Waals surface area contributed by atoms with Crippen LogP contribution in [0.1, 0.15) is 31.4 Å². The van der Waals surface area contributed by atoms with Crippen LogP contribution in [0.4, 0.5) is 11.5 Å². The molecule has 32 heavy (non-hydrogen) atoms. The third kappa shape index (κ3) is 4.95. The third-order valence-corrected chi connectivity index (χ3v) is 7.68. The van der Waals surface area contributed by atoms with E-state index in [2.05, 4.69) is 26.4 Å². The number of rotatable bonds is 6. The number of hydrogen-bond acceptors (Lipinski definition) is 6. The van der Waals surface area contributed by atoms with Crippen molar-refractivity contribution < 1.29 is 13.2 Å². The van der Waals surface area contributed by atoms with Gasteiger partial charge in [0.2, 0.25) is 15.9 Å². The van der Waals surface area contributed by atoms with Gasteiger partial charge >= 0.3 is 0 Å². The molecule has 1 aromatic heterocycles. The maximum absolute atomic E-state index is 12.9. The average molecular weight is 458 g/mol. The molecule has 0 saturated carbocycles. The summed E-state index contributed by atoms with van der Waals surface area (Å²) in [5, 5.41) is 0. The van der Waals surface area contributed by atoms with Gasteiger partial charge in [-0.2, -0.15) is 0 Å². The van der Waals surface area contributed by atoms with Gasteiger partial charge in [-0.1, -0.05) is 13.0 Å². The number of likely N-dealkylation sites (N-methyl/N-ethyl adjacent to an activating group) is 1. The summed E-state index contributed by atoms with van der Waals surface area (Å²) in [7, 11) is -3.67. The number of carbonyl (C=O) groups is 1. The van der Waals surface area contributed by atoms with Crippen LogP contribution in [-0.2, 0) is 27.8 Å². The number of hydrogen-bond donors (Lipinski definition) is 1. The molecule has 0 bridgehead atoms. The van der Waals surface area contributed by atoms with Crippen LogP contribution in [-0.4, -0.2) is 63.5 Å². The second kappa shape index (κ2) is 9.56. The zero-order chi connectivity index (χ0) is 22.7. The summed E-state index contributed by atoms with van der Waals surface area (Å²) in [5.41, 5.74) is 2.51. The molecule has 4 rings (SSSR count). The van der Waals surface area contributed by atoms with Gasteiger partial charge in [-0.3, -0.25) is 4.79 Å². The van der Waals surface area contributed by atoms with Crippen molar-refractivity contribution in [2.75, 3.05) is 49.1 Å². The number of aryl methyl sites for hydroxylation is 1. The molecule has 2 aromatic rings. The summed E-state index contributed by atoms with van der Waals surface area (Å²) >= 11 is 0. The number of amides is 1. The monoisotopic (exact) mass is 457 g/mol. The van der Waals surface area contributed by atoms with Crippen LogP contribution in [0.15, 0.2) is 41.4 Å². The minimum atomic E-state index is -3.67. The van der Waals surface area contributed by atoms with Crippen LogP contribution in [0.25, 0.3) is 0 Å². The first-order chi connectivity index (χ1) is 15.4. The molecule has 3 heterocycles. The lowest BCUT2D eigenvalue weighted by molar-refractivity contribution is -0.116. The zero-order valence-electron chi connectivity index (χ0n) is 18.7. The molecule has 9 heteroatoms. The first-order valence-corrected chi connectivity index (χ1v) is 12.7. The van der Waals surface area contributed by atoms with Gasteiger partial charge in [0.15, 0.2) is 0 Å². The number of nitrogens with one attached hydrogen (secondary N) is 1. The fraction of sp³-hybridized carbons (Fsp3) is 0.478. The fourth-order valence-corrected chi connectivity index (χ4v) is 5.40. The summed E-state index contributed by atoms with van der Waals surface area (Å²) in [6, 6.07) is 8.87. The standard InChI is InChI=1S/C23H31N5O3S/c1-3-26-11-13-27(14-12-26)23-9-6-19(16-24-23)17-25-32(30,31)21-7-8-22-20(15-21)5-4-10-28(22)18(2)29/h6-9,15-16,25H,3-5,10-14,17H2,1-2H3. The Balaban J connectivity index is 1.40. The fourth-order valence-electron chi connectivity index (χ4n) is 4.33.